The molecule has 1 aromatic heterocycles. The third-order valence-corrected chi connectivity index (χ3v) is 6.71. The minimum Gasteiger partial charge on any atom is -0.481 e. The van der Waals surface area contributed by atoms with Gasteiger partial charge in [-0.2, -0.15) is 0 Å². The Labute approximate surface area is 256 Å². The molecular weight excluding hydrogens is 588 g/mol. The van der Waals surface area contributed by atoms with Crippen LogP contribution in [0.4, 0.5) is 0 Å². The number of aromatic nitrogens is 1. The number of carbonyl (C=O) groups is 7. The first-order chi connectivity index (χ1) is 21.4. The second-order valence-electron chi connectivity index (χ2n) is 10.2. The third kappa shape index (κ3) is 10.8. The number of nitrogens with one attached hydrogen (secondary N) is 5. The lowest BCUT2D eigenvalue weighted by Gasteiger charge is -2.22. The Morgan fingerprint density at radius 3 is 2.04 bits per heavy atom. The Hall–Kier alpha value is -5.73. The number of para-hydroxylation sites is 1. The highest BCUT2D eigenvalue weighted by molar-refractivity contribution is 5.96. The molecule has 15 heteroatoms. The van der Waals surface area contributed by atoms with Crippen molar-refractivity contribution >= 4 is 52.4 Å². The van der Waals surface area contributed by atoms with Crippen LogP contribution in [0.25, 0.3) is 10.9 Å². The Morgan fingerprint density at radius 1 is 0.711 bits per heavy atom. The number of hydrogen-bond acceptors (Lipinski definition) is 7. The monoisotopic (exact) mass is 622 g/mol. The highest BCUT2D eigenvalue weighted by Crippen LogP contribution is 2.19. The number of rotatable bonds is 17. The maximum atomic E-state index is 13.1. The average molecular weight is 623 g/mol. The van der Waals surface area contributed by atoms with Gasteiger partial charge in [-0.15, -0.1) is 0 Å². The van der Waals surface area contributed by atoms with Crippen molar-refractivity contribution in [3.05, 3.63) is 71.9 Å². The van der Waals surface area contributed by atoms with Gasteiger partial charge in [0.15, 0.2) is 0 Å². The summed E-state index contributed by atoms with van der Waals surface area (Å²) in [5.41, 5.74) is 7.57. The molecule has 0 aliphatic heterocycles. The van der Waals surface area contributed by atoms with Crippen LogP contribution < -0.4 is 27.0 Å². The minimum absolute atomic E-state index is 0.00373. The molecule has 3 atom stereocenters. The van der Waals surface area contributed by atoms with E-state index in [4.69, 9.17) is 10.8 Å². The van der Waals surface area contributed by atoms with Crippen molar-refractivity contribution in [2.75, 3.05) is 6.54 Å². The smallest absolute Gasteiger partial charge is 0.305 e. The molecule has 1 heterocycles. The molecule has 0 radical (unpaired) electrons. The number of aliphatic carboxylic acids is 2. The molecule has 0 unspecified atom stereocenters. The van der Waals surface area contributed by atoms with Crippen LogP contribution in [0.3, 0.4) is 0 Å². The van der Waals surface area contributed by atoms with Gasteiger partial charge in [0.05, 0.1) is 19.4 Å². The summed E-state index contributed by atoms with van der Waals surface area (Å²) in [5, 5.41) is 28.4. The number of amides is 5. The predicted molar refractivity (Wildman–Crippen MR) is 159 cm³/mol. The van der Waals surface area contributed by atoms with Crippen molar-refractivity contribution in [2.24, 2.45) is 5.73 Å². The summed E-state index contributed by atoms with van der Waals surface area (Å²) >= 11 is 0. The second-order valence-corrected chi connectivity index (χ2v) is 10.2. The first-order valence-corrected chi connectivity index (χ1v) is 13.9. The summed E-state index contributed by atoms with van der Waals surface area (Å²) in [6.07, 6.45) is 0.0249. The van der Waals surface area contributed by atoms with E-state index < -0.39 is 79.0 Å². The van der Waals surface area contributed by atoms with Gasteiger partial charge in [0.25, 0.3) is 0 Å². The molecule has 0 bridgehead atoms. The molecule has 0 fully saturated rings. The number of carbonyl (C=O) groups excluding carboxylic acids is 5. The van der Waals surface area contributed by atoms with Crippen LogP contribution in [0.5, 0.6) is 0 Å². The normalized spacial score (nSPS) is 12.7. The largest absolute Gasteiger partial charge is 0.481 e. The highest BCUT2D eigenvalue weighted by Gasteiger charge is 2.29. The lowest BCUT2D eigenvalue weighted by Crippen LogP contribution is -2.56. The number of aromatic amines is 1. The summed E-state index contributed by atoms with van der Waals surface area (Å²) in [6, 6.07) is 11.9. The van der Waals surface area contributed by atoms with Crippen LogP contribution in [0.2, 0.25) is 0 Å². The maximum absolute atomic E-state index is 13.1. The summed E-state index contributed by atoms with van der Waals surface area (Å²) in [7, 11) is 0. The van der Waals surface area contributed by atoms with Gasteiger partial charge < -0.3 is 42.2 Å². The van der Waals surface area contributed by atoms with Crippen molar-refractivity contribution in [3.8, 4) is 0 Å². The fraction of sp³-hybridized carbons (Fsp3) is 0.300. The number of primary amides is 1. The Kier molecular flexibility index (Phi) is 12.2. The van der Waals surface area contributed by atoms with E-state index in [2.05, 4.69) is 26.3 Å². The van der Waals surface area contributed by atoms with E-state index in [0.29, 0.717) is 11.1 Å². The number of benzene rings is 2. The molecule has 0 aliphatic carbocycles. The summed E-state index contributed by atoms with van der Waals surface area (Å²) in [4.78, 5) is 88.5. The fourth-order valence-corrected chi connectivity index (χ4v) is 4.48. The van der Waals surface area contributed by atoms with E-state index in [9.17, 15) is 38.7 Å². The molecule has 3 aromatic rings. The van der Waals surface area contributed by atoms with Gasteiger partial charge in [-0.05, 0) is 17.2 Å². The van der Waals surface area contributed by atoms with E-state index in [0.717, 1.165) is 10.9 Å². The van der Waals surface area contributed by atoms with Gasteiger partial charge in [0.2, 0.25) is 29.5 Å². The molecule has 0 saturated heterocycles. The zero-order valence-electron chi connectivity index (χ0n) is 24.1. The number of nitrogens with two attached hydrogens (primary N) is 1. The molecule has 3 rings (SSSR count). The molecule has 9 N–H and O–H groups in total. The maximum Gasteiger partial charge on any atom is 0.305 e. The minimum atomic E-state index is -1.61. The van der Waals surface area contributed by atoms with E-state index in [1.165, 1.54) is 0 Å². The number of carboxylic acid groups (broad SMARTS) is 2. The molecule has 45 heavy (non-hydrogen) atoms. The molecule has 5 amide bonds. The van der Waals surface area contributed by atoms with Crippen LogP contribution in [0.1, 0.15) is 30.4 Å². The van der Waals surface area contributed by atoms with Crippen LogP contribution in [0.15, 0.2) is 60.8 Å². The van der Waals surface area contributed by atoms with Gasteiger partial charge in [0, 0.05) is 36.4 Å². The zero-order chi connectivity index (χ0) is 32.9. The van der Waals surface area contributed by atoms with Gasteiger partial charge in [-0.25, -0.2) is 0 Å². The first-order valence-electron chi connectivity index (χ1n) is 13.9. The molecule has 0 saturated carbocycles. The number of fused-ring (bicyclic) bond motifs is 1. The van der Waals surface area contributed by atoms with Crippen LogP contribution in [0, 0.1) is 0 Å². The molecule has 15 nitrogen and oxygen atoms in total. The van der Waals surface area contributed by atoms with E-state index in [1.54, 1.807) is 42.6 Å². The number of carboxylic acids is 2. The first kappa shape index (κ1) is 33.8. The fourth-order valence-electron chi connectivity index (χ4n) is 4.48. The Balaban J connectivity index is 1.66. The van der Waals surface area contributed by atoms with Crippen LogP contribution >= 0.6 is 0 Å². The number of hydrogen-bond donors (Lipinski definition) is 8. The lowest BCUT2D eigenvalue weighted by molar-refractivity contribution is -0.141. The molecular formula is C30H34N6O9. The Bertz CT molecular complexity index is 1560. The lowest BCUT2D eigenvalue weighted by atomic mass is 10.0. The standard InChI is InChI=1S/C30H34N6O9/c31-28(43)21(12-17-6-2-1-3-7-17)36-30(45)23(14-27(41)42)35-25(38)16-33-29(44)22(34-24(37)10-11-26(39)40)13-18-15-32-20-9-5-4-8-19(18)20/h1-9,15,21-23,32H,10-14,16H2,(H2,31,43)(H,33,44)(H,34,37)(H,35,38)(H,36,45)(H,39,40)(H,41,42)/t21-,22-,23-/m0/s1. The third-order valence-electron chi connectivity index (χ3n) is 6.71. The Morgan fingerprint density at radius 2 is 1.38 bits per heavy atom. The van der Waals surface area contributed by atoms with Crippen molar-refractivity contribution in [2.45, 2.75) is 50.2 Å². The highest BCUT2D eigenvalue weighted by atomic mass is 16.4. The average Bonchev–Trinajstić information content (AvgIpc) is 3.40. The van der Waals surface area contributed by atoms with Crippen molar-refractivity contribution in [1.82, 2.24) is 26.3 Å². The van der Waals surface area contributed by atoms with Gasteiger partial charge in [-0.3, -0.25) is 33.6 Å². The zero-order valence-corrected chi connectivity index (χ0v) is 24.1. The van der Waals surface area contributed by atoms with Crippen LogP contribution in [-0.2, 0) is 46.4 Å². The molecule has 2 aromatic carbocycles. The van der Waals surface area contributed by atoms with E-state index >= 15 is 0 Å². The van der Waals surface area contributed by atoms with Gasteiger partial charge in [0.1, 0.15) is 18.1 Å². The van der Waals surface area contributed by atoms with Crippen molar-refractivity contribution in [1.29, 1.82) is 0 Å². The summed E-state index contributed by atoms with van der Waals surface area (Å²) < 4.78 is 0. The van der Waals surface area contributed by atoms with Crippen molar-refractivity contribution < 1.29 is 43.8 Å². The van der Waals surface area contributed by atoms with Gasteiger partial charge in [-0.1, -0.05) is 48.5 Å². The number of H-pyrrole nitrogens is 1. The quantitative estimate of drug-likeness (QED) is 0.0951. The van der Waals surface area contributed by atoms with Gasteiger partial charge >= 0.3 is 11.9 Å². The molecule has 0 spiro atoms. The SMILES string of the molecule is NC(=O)[C@H](Cc1ccccc1)NC(=O)[C@H](CC(=O)O)NC(=O)CNC(=O)[C@H](Cc1c[nH]c2ccccc12)NC(=O)CCC(=O)O. The summed E-state index contributed by atoms with van der Waals surface area (Å²) in [6.45, 7) is -0.694. The van der Waals surface area contributed by atoms with E-state index in [1.807, 2.05) is 18.2 Å². The van der Waals surface area contributed by atoms with E-state index in [-0.39, 0.29) is 19.3 Å². The van der Waals surface area contributed by atoms with Crippen LogP contribution in [-0.4, -0.2) is 81.3 Å². The summed E-state index contributed by atoms with van der Waals surface area (Å²) in [5.74, 6) is -6.85. The second kappa shape index (κ2) is 16.2. The molecule has 0 aliphatic rings. The predicted octanol–water partition coefficient (Wildman–Crippen LogP) is -0.651. The van der Waals surface area contributed by atoms with Crippen molar-refractivity contribution in [3.63, 3.8) is 0 Å². The molecule has 238 valence electrons. The topological polar surface area (TPSA) is 250 Å².